The number of nitrogen functional groups attached to an aromatic ring is 1. The fourth-order valence-corrected chi connectivity index (χ4v) is 2.86. The first-order valence-electron chi connectivity index (χ1n) is 6.69. The van der Waals surface area contributed by atoms with Crippen LogP contribution in [0.1, 0.15) is 5.56 Å². The zero-order chi connectivity index (χ0) is 16.4. The van der Waals surface area contributed by atoms with Gasteiger partial charge >= 0.3 is 6.18 Å². The monoisotopic (exact) mass is 335 g/mol. The smallest absolute Gasteiger partial charge is 0.398 e. The summed E-state index contributed by atoms with van der Waals surface area (Å²) in [4.78, 5) is 4.32. The summed E-state index contributed by atoms with van der Waals surface area (Å²) in [6.45, 7) is 0. The van der Waals surface area contributed by atoms with Gasteiger partial charge in [0.2, 0.25) is 0 Å². The van der Waals surface area contributed by atoms with Crippen LogP contribution >= 0.6 is 11.3 Å². The van der Waals surface area contributed by atoms with Crippen molar-refractivity contribution in [3.05, 3.63) is 59.5 Å². The standard InChI is InChI=1S/C16H12F3N3S/c17-16(18,19)11-6-2-4-8-13(11)21-15-22-14(9-23-15)10-5-1-3-7-12(10)20/h1-9H,20H2,(H,21,22). The normalized spacial score (nSPS) is 11.4. The highest BCUT2D eigenvalue weighted by Crippen LogP contribution is 2.37. The number of benzene rings is 2. The van der Waals surface area contributed by atoms with Crippen molar-refractivity contribution in [2.45, 2.75) is 6.18 Å². The number of hydrogen-bond acceptors (Lipinski definition) is 4. The SMILES string of the molecule is Nc1ccccc1-c1csc(Nc2ccccc2C(F)(F)F)n1. The molecule has 7 heteroatoms. The zero-order valence-electron chi connectivity index (χ0n) is 11.8. The number of rotatable bonds is 3. The number of nitrogens with zero attached hydrogens (tertiary/aromatic N) is 1. The molecule has 0 radical (unpaired) electrons. The largest absolute Gasteiger partial charge is 0.418 e. The number of anilines is 3. The first-order valence-corrected chi connectivity index (χ1v) is 7.57. The summed E-state index contributed by atoms with van der Waals surface area (Å²) in [5.41, 5.74) is 7.08. The number of aromatic nitrogens is 1. The maximum atomic E-state index is 13.0. The molecule has 1 aromatic heterocycles. The van der Waals surface area contributed by atoms with Gasteiger partial charge in [0.15, 0.2) is 5.13 Å². The number of alkyl halides is 3. The van der Waals surface area contributed by atoms with E-state index >= 15 is 0 Å². The number of nitrogens with one attached hydrogen (secondary N) is 1. The molecule has 2 aromatic carbocycles. The van der Waals surface area contributed by atoms with Crippen molar-refractivity contribution in [3.8, 4) is 11.3 Å². The summed E-state index contributed by atoms with van der Waals surface area (Å²) in [6.07, 6.45) is -4.42. The van der Waals surface area contributed by atoms with E-state index in [0.29, 0.717) is 16.5 Å². The molecule has 0 aliphatic rings. The predicted molar refractivity (Wildman–Crippen MR) is 86.7 cm³/mol. The third-order valence-corrected chi connectivity index (χ3v) is 3.97. The Bertz CT molecular complexity index is 827. The van der Waals surface area contributed by atoms with Gasteiger partial charge in [0.05, 0.1) is 16.9 Å². The van der Waals surface area contributed by atoms with Crippen molar-refractivity contribution in [1.82, 2.24) is 4.98 Å². The highest BCUT2D eigenvalue weighted by atomic mass is 32.1. The zero-order valence-corrected chi connectivity index (χ0v) is 12.6. The van der Waals surface area contributed by atoms with Gasteiger partial charge in [-0.1, -0.05) is 30.3 Å². The average molecular weight is 335 g/mol. The molecular formula is C16H12F3N3S. The summed E-state index contributed by atoms with van der Waals surface area (Å²) in [7, 11) is 0. The second-order valence-corrected chi connectivity index (χ2v) is 5.65. The minimum atomic E-state index is -4.42. The number of hydrogen-bond donors (Lipinski definition) is 2. The fourth-order valence-electron chi connectivity index (χ4n) is 2.14. The number of thiazole rings is 1. The van der Waals surface area contributed by atoms with Gasteiger partial charge in [-0.05, 0) is 18.2 Å². The lowest BCUT2D eigenvalue weighted by Crippen LogP contribution is -2.08. The molecule has 118 valence electrons. The van der Waals surface area contributed by atoms with Crippen molar-refractivity contribution < 1.29 is 13.2 Å². The van der Waals surface area contributed by atoms with Crippen molar-refractivity contribution in [2.75, 3.05) is 11.1 Å². The highest BCUT2D eigenvalue weighted by Gasteiger charge is 2.33. The summed E-state index contributed by atoms with van der Waals surface area (Å²) in [5, 5.41) is 4.86. The number of para-hydroxylation sites is 2. The topological polar surface area (TPSA) is 50.9 Å². The van der Waals surface area contributed by atoms with E-state index in [1.54, 1.807) is 17.5 Å². The summed E-state index contributed by atoms with van der Waals surface area (Å²) < 4.78 is 39.0. The Morgan fingerprint density at radius 3 is 2.43 bits per heavy atom. The van der Waals surface area contributed by atoms with Crippen molar-refractivity contribution in [2.24, 2.45) is 0 Å². The summed E-state index contributed by atoms with van der Waals surface area (Å²) in [5.74, 6) is 0. The Balaban J connectivity index is 1.90. The van der Waals surface area contributed by atoms with E-state index < -0.39 is 11.7 Å². The molecule has 0 spiro atoms. The van der Waals surface area contributed by atoms with Crippen LogP contribution in [0, 0.1) is 0 Å². The Morgan fingerprint density at radius 1 is 1.00 bits per heavy atom. The minimum Gasteiger partial charge on any atom is -0.398 e. The Kier molecular flexibility index (Phi) is 3.96. The van der Waals surface area contributed by atoms with Gasteiger partial charge in [-0.25, -0.2) is 4.98 Å². The average Bonchev–Trinajstić information content (AvgIpc) is 2.95. The highest BCUT2D eigenvalue weighted by molar-refractivity contribution is 7.14. The van der Waals surface area contributed by atoms with Crippen LogP contribution in [0.5, 0.6) is 0 Å². The van der Waals surface area contributed by atoms with Crippen LogP contribution in [-0.2, 0) is 6.18 Å². The van der Waals surface area contributed by atoms with Gasteiger partial charge in [0.25, 0.3) is 0 Å². The van der Waals surface area contributed by atoms with Gasteiger partial charge in [-0.3, -0.25) is 0 Å². The van der Waals surface area contributed by atoms with Crippen molar-refractivity contribution >= 4 is 27.8 Å². The van der Waals surface area contributed by atoms with E-state index in [2.05, 4.69) is 10.3 Å². The van der Waals surface area contributed by atoms with Gasteiger partial charge in [0, 0.05) is 16.6 Å². The molecule has 1 heterocycles. The first kappa shape index (κ1) is 15.4. The van der Waals surface area contributed by atoms with E-state index in [9.17, 15) is 13.2 Å². The minimum absolute atomic E-state index is 0.0260. The van der Waals surface area contributed by atoms with Crippen LogP contribution in [0.15, 0.2) is 53.9 Å². The van der Waals surface area contributed by atoms with E-state index in [1.807, 2.05) is 18.2 Å². The molecule has 0 fully saturated rings. The lowest BCUT2D eigenvalue weighted by Gasteiger charge is -2.12. The molecule has 0 aliphatic carbocycles. The molecule has 0 saturated carbocycles. The van der Waals surface area contributed by atoms with Crippen LogP contribution in [0.2, 0.25) is 0 Å². The van der Waals surface area contributed by atoms with Crippen molar-refractivity contribution in [1.29, 1.82) is 0 Å². The van der Waals surface area contributed by atoms with Gasteiger partial charge in [0.1, 0.15) is 0 Å². The van der Waals surface area contributed by atoms with Crippen LogP contribution in [0.25, 0.3) is 11.3 Å². The Labute approximate surface area is 134 Å². The van der Waals surface area contributed by atoms with Gasteiger partial charge in [-0.2, -0.15) is 13.2 Å². The second kappa shape index (κ2) is 5.92. The van der Waals surface area contributed by atoms with E-state index in [1.165, 1.54) is 23.5 Å². The third-order valence-electron chi connectivity index (χ3n) is 3.21. The fraction of sp³-hybridized carbons (Fsp3) is 0.0625. The Morgan fingerprint density at radius 2 is 1.70 bits per heavy atom. The van der Waals surface area contributed by atoms with Gasteiger partial charge < -0.3 is 11.1 Å². The molecule has 3 N–H and O–H groups in total. The maximum absolute atomic E-state index is 13.0. The molecule has 0 atom stereocenters. The van der Waals surface area contributed by atoms with Crippen LogP contribution < -0.4 is 11.1 Å². The first-order chi connectivity index (χ1) is 10.9. The van der Waals surface area contributed by atoms with Crippen LogP contribution in [0.3, 0.4) is 0 Å². The molecule has 3 rings (SSSR count). The molecule has 0 saturated heterocycles. The molecule has 3 aromatic rings. The van der Waals surface area contributed by atoms with Crippen molar-refractivity contribution in [3.63, 3.8) is 0 Å². The molecule has 23 heavy (non-hydrogen) atoms. The van der Waals surface area contributed by atoms with Crippen LogP contribution in [0.4, 0.5) is 29.7 Å². The lowest BCUT2D eigenvalue weighted by atomic mass is 10.1. The summed E-state index contributed by atoms with van der Waals surface area (Å²) >= 11 is 1.22. The summed E-state index contributed by atoms with van der Waals surface area (Å²) in [6, 6.07) is 12.5. The van der Waals surface area contributed by atoms with E-state index in [4.69, 9.17) is 5.73 Å². The van der Waals surface area contributed by atoms with E-state index in [-0.39, 0.29) is 5.69 Å². The molecule has 0 bridgehead atoms. The molecule has 0 aliphatic heterocycles. The molecule has 3 nitrogen and oxygen atoms in total. The maximum Gasteiger partial charge on any atom is 0.418 e. The molecule has 0 amide bonds. The Hall–Kier alpha value is -2.54. The van der Waals surface area contributed by atoms with Gasteiger partial charge in [-0.15, -0.1) is 11.3 Å². The molecular weight excluding hydrogens is 323 g/mol. The lowest BCUT2D eigenvalue weighted by molar-refractivity contribution is -0.136. The predicted octanol–water partition coefficient (Wildman–Crippen LogP) is 5.15. The third kappa shape index (κ3) is 3.29. The van der Waals surface area contributed by atoms with E-state index in [0.717, 1.165) is 11.6 Å². The van der Waals surface area contributed by atoms with Crippen LogP contribution in [-0.4, -0.2) is 4.98 Å². The quantitative estimate of drug-likeness (QED) is 0.651. The number of nitrogens with two attached hydrogens (primary N) is 1. The second-order valence-electron chi connectivity index (χ2n) is 4.79. The molecule has 0 unspecified atom stereocenters. The number of halogens is 3.